The van der Waals surface area contributed by atoms with Gasteiger partial charge in [-0.15, -0.1) is 0 Å². The largest absolute Gasteiger partial charge is 0.415 e. The van der Waals surface area contributed by atoms with E-state index in [9.17, 15) is 68.4 Å². The SMILES string of the molecule is C=C/C=C\C(=C)/C1=C(C#N)/C=C(\C(=C)/C=C\C(=C)C(F)(F)F)C2=C(C(C#N)=C(c3ccccc3)/C2=C(/C#N)c2cc(C#N)cc(C#N)c2)\C(C(=C)/C=C\C(=C)C(F)(F)F)=C\C1=C(/C#N)c1cc(C#N)cc(C#N)c1. The van der Waals surface area contributed by atoms with Crippen molar-refractivity contribution in [2.24, 2.45) is 0 Å². The minimum atomic E-state index is -4.98. The maximum absolute atomic E-state index is 14.1. The standard InChI is InChI=1S/C60H32F6N8/c1-7-8-12-37(4)54-47(31-71)25-48(35(2)15-17-38(5)59(61,62)63)57-56(53(34-74)55(44-13-10-9-11-14-44)58(57)52(33-73)46-23-42(29-69)20-43(24-46)30-70)49(36(3)16-18-39(6)60(64,65)66)26-50(54)51(32-72)45-21-40(27-67)19-41(22-45)28-68/h7-26H,1-6H2/b12-8-,17-15-,18-16-,48-25+,49-26+,51-50-,54-47+,58-52+. The molecule has 0 N–H and O–H groups in total. The van der Waals surface area contributed by atoms with Gasteiger partial charge < -0.3 is 0 Å². The molecule has 0 heterocycles. The van der Waals surface area contributed by atoms with Gasteiger partial charge in [-0.3, -0.25) is 0 Å². The van der Waals surface area contributed by atoms with Gasteiger partial charge in [0.1, 0.15) is 18.2 Å². The lowest BCUT2D eigenvalue weighted by Crippen LogP contribution is -2.09. The Labute approximate surface area is 422 Å². The number of hydrogen-bond donors (Lipinski definition) is 0. The fraction of sp³-hybridized carbons (Fsp3) is 0.0333. The van der Waals surface area contributed by atoms with Crippen LogP contribution in [0.2, 0.25) is 0 Å². The lowest BCUT2D eigenvalue weighted by atomic mass is 9.82. The van der Waals surface area contributed by atoms with Gasteiger partial charge in [0.05, 0.1) is 74.9 Å². The summed E-state index contributed by atoms with van der Waals surface area (Å²) in [6.07, 6.45) is -0.551. The molecule has 3 aromatic carbocycles. The highest BCUT2D eigenvalue weighted by Crippen LogP contribution is 2.54. The summed E-state index contributed by atoms with van der Waals surface area (Å²) in [6, 6.07) is 31.5. The van der Waals surface area contributed by atoms with Gasteiger partial charge in [-0.1, -0.05) is 112 Å². The van der Waals surface area contributed by atoms with Crippen LogP contribution < -0.4 is 0 Å². The number of nitrogens with zero attached hydrogens (tertiary/aromatic N) is 8. The van der Waals surface area contributed by atoms with Gasteiger partial charge in [0, 0.05) is 44.6 Å². The van der Waals surface area contributed by atoms with Crippen LogP contribution in [0.15, 0.2) is 239 Å². The Kier molecular flexibility index (Phi) is 16.5. The van der Waals surface area contributed by atoms with E-state index in [1.165, 1.54) is 60.7 Å². The van der Waals surface area contributed by atoms with E-state index in [4.69, 9.17) is 0 Å². The molecule has 0 amide bonds. The van der Waals surface area contributed by atoms with E-state index in [1.54, 1.807) is 30.3 Å². The summed E-state index contributed by atoms with van der Waals surface area (Å²) in [6.45, 7) is 22.3. The number of halogens is 6. The third-order valence-corrected chi connectivity index (χ3v) is 11.0. The number of benzene rings is 3. The van der Waals surface area contributed by atoms with Gasteiger partial charge in [-0.2, -0.15) is 68.4 Å². The first kappa shape index (κ1) is 53.9. The second kappa shape index (κ2) is 22.6. The molecule has 0 bridgehead atoms. The normalized spacial score (nSPS) is 17.4. The van der Waals surface area contributed by atoms with Crippen LogP contribution in [0.1, 0.15) is 38.9 Å². The van der Waals surface area contributed by atoms with Crippen molar-refractivity contribution in [3.8, 4) is 48.6 Å². The molecule has 2 aliphatic carbocycles. The Hall–Kier alpha value is -11.0. The first-order chi connectivity index (χ1) is 35.2. The summed E-state index contributed by atoms with van der Waals surface area (Å²) < 4.78 is 84.7. The van der Waals surface area contributed by atoms with Crippen LogP contribution in [0.5, 0.6) is 0 Å². The van der Waals surface area contributed by atoms with Gasteiger partial charge in [-0.05, 0) is 93.1 Å². The summed E-state index contributed by atoms with van der Waals surface area (Å²) in [7, 11) is 0. The fourth-order valence-corrected chi connectivity index (χ4v) is 7.66. The summed E-state index contributed by atoms with van der Waals surface area (Å²) in [4.78, 5) is 0. The molecule has 3 aromatic rings. The molecule has 354 valence electrons. The summed E-state index contributed by atoms with van der Waals surface area (Å²) >= 11 is 0. The molecule has 0 atom stereocenters. The molecule has 0 aromatic heterocycles. The molecule has 8 nitrogen and oxygen atoms in total. The van der Waals surface area contributed by atoms with Crippen molar-refractivity contribution in [2.75, 3.05) is 0 Å². The third kappa shape index (κ3) is 11.4. The van der Waals surface area contributed by atoms with E-state index in [2.05, 4.69) is 63.8 Å². The number of allylic oxidation sites excluding steroid dienone is 26. The molecule has 0 fully saturated rings. The van der Waals surface area contributed by atoms with E-state index in [1.807, 2.05) is 24.3 Å². The van der Waals surface area contributed by atoms with Gasteiger partial charge in [0.15, 0.2) is 0 Å². The highest BCUT2D eigenvalue weighted by molar-refractivity contribution is 6.08. The van der Waals surface area contributed by atoms with Crippen LogP contribution in [0, 0.1) is 90.6 Å². The highest BCUT2D eigenvalue weighted by atomic mass is 19.4. The highest BCUT2D eigenvalue weighted by Gasteiger charge is 2.39. The van der Waals surface area contributed by atoms with Crippen LogP contribution in [0.25, 0.3) is 16.7 Å². The van der Waals surface area contributed by atoms with Crippen LogP contribution in [-0.2, 0) is 0 Å². The topological polar surface area (TPSA) is 190 Å². The van der Waals surface area contributed by atoms with Gasteiger partial charge in [0.2, 0.25) is 0 Å². The van der Waals surface area contributed by atoms with Crippen molar-refractivity contribution in [1.82, 2.24) is 0 Å². The van der Waals surface area contributed by atoms with Crippen LogP contribution in [0.3, 0.4) is 0 Å². The van der Waals surface area contributed by atoms with Crippen LogP contribution >= 0.6 is 0 Å². The Morgan fingerprint density at radius 2 is 0.946 bits per heavy atom. The molecule has 0 saturated carbocycles. The minimum absolute atomic E-state index is 0.0561. The second-order valence-electron chi connectivity index (χ2n) is 15.7. The van der Waals surface area contributed by atoms with Crippen molar-refractivity contribution in [1.29, 1.82) is 42.1 Å². The van der Waals surface area contributed by atoms with Crippen molar-refractivity contribution in [3.63, 3.8) is 0 Å². The number of hydrogen-bond acceptors (Lipinski definition) is 8. The Bertz CT molecular complexity index is 3690. The molecule has 0 aliphatic heterocycles. The van der Waals surface area contributed by atoms with Crippen molar-refractivity contribution in [2.45, 2.75) is 12.4 Å². The quantitative estimate of drug-likeness (QED) is 0.0972. The van der Waals surface area contributed by atoms with Crippen molar-refractivity contribution >= 4 is 16.7 Å². The zero-order chi connectivity index (χ0) is 54.7. The van der Waals surface area contributed by atoms with E-state index in [-0.39, 0.29) is 117 Å². The monoisotopic (exact) mass is 978 g/mol. The smallest absolute Gasteiger partial charge is 0.192 e. The Morgan fingerprint density at radius 3 is 1.35 bits per heavy atom. The van der Waals surface area contributed by atoms with E-state index >= 15 is 0 Å². The molecule has 0 saturated heterocycles. The van der Waals surface area contributed by atoms with Gasteiger partial charge >= 0.3 is 12.4 Å². The predicted octanol–water partition coefficient (Wildman–Crippen LogP) is 14.2. The first-order valence-corrected chi connectivity index (χ1v) is 21.2. The average molecular weight is 979 g/mol. The third-order valence-electron chi connectivity index (χ3n) is 11.0. The molecule has 14 heteroatoms. The number of alkyl halides is 6. The summed E-state index contributed by atoms with van der Waals surface area (Å²) in [5.41, 5.74) is -7.16. The molecule has 74 heavy (non-hydrogen) atoms. The van der Waals surface area contributed by atoms with Gasteiger partial charge in [0.25, 0.3) is 0 Å². The summed E-state index contributed by atoms with van der Waals surface area (Å²) in [5, 5.41) is 85.7. The minimum Gasteiger partial charge on any atom is -0.192 e. The maximum atomic E-state index is 14.1. The molecular weight excluding hydrogens is 947 g/mol. The Morgan fingerprint density at radius 1 is 0.486 bits per heavy atom. The zero-order valence-corrected chi connectivity index (χ0v) is 38.6. The van der Waals surface area contributed by atoms with E-state index < -0.39 is 29.1 Å². The number of nitriles is 8. The van der Waals surface area contributed by atoms with Crippen molar-refractivity contribution < 1.29 is 26.3 Å². The predicted molar refractivity (Wildman–Crippen MR) is 267 cm³/mol. The number of rotatable bonds is 12. The molecule has 0 radical (unpaired) electrons. The molecule has 5 rings (SSSR count). The van der Waals surface area contributed by atoms with Crippen LogP contribution in [0.4, 0.5) is 26.3 Å². The molecule has 0 spiro atoms. The lowest BCUT2D eigenvalue weighted by Gasteiger charge is -2.20. The second-order valence-corrected chi connectivity index (χ2v) is 15.7. The molecule has 0 unspecified atom stereocenters. The summed E-state index contributed by atoms with van der Waals surface area (Å²) in [5.74, 6) is 0. The van der Waals surface area contributed by atoms with Gasteiger partial charge in [-0.25, -0.2) is 0 Å². The lowest BCUT2D eigenvalue weighted by molar-refractivity contribution is -0.0886. The van der Waals surface area contributed by atoms with E-state index in [0.717, 1.165) is 18.2 Å². The average Bonchev–Trinajstić information content (AvgIpc) is 3.74. The Balaban J connectivity index is 2.33. The van der Waals surface area contributed by atoms with Crippen LogP contribution in [-0.4, -0.2) is 12.4 Å². The zero-order valence-electron chi connectivity index (χ0n) is 38.6. The first-order valence-electron chi connectivity index (χ1n) is 21.2. The molecular formula is C60H32F6N8. The fourth-order valence-electron chi connectivity index (χ4n) is 7.66. The molecule has 2 aliphatic rings. The maximum Gasteiger partial charge on any atom is 0.415 e. The van der Waals surface area contributed by atoms with E-state index in [0.29, 0.717) is 12.2 Å². The van der Waals surface area contributed by atoms with Crippen molar-refractivity contribution in [3.05, 3.63) is 278 Å².